The van der Waals surface area contributed by atoms with Crippen molar-refractivity contribution in [3.63, 3.8) is 0 Å². The average Bonchev–Trinajstić information content (AvgIpc) is 3.13. The minimum Gasteiger partial charge on any atom is -0.507 e. The Kier molecular flexibility index (Phi) is 9.89. The third-order valence-electron chi connectivity index (χ3n) is 8.94. The normalized spacial score (nSPS) is 11.1. The molecule has 0 aliphatic rings. The second-order valence-electron chi connectivity index (χ2n) is 12.5. The van der Waals surface area contributed by atoms with Gasteiger partial charge in [0.25, 0.3) is 0 Å². The van der Waals surface area contributed by atoms with Gasteiger partial charge in [0, 0.05) is 38.5 Å². The van der Waals surface area contributed by atoms with Gasteiger partial charge in [0.05, 0.1) is 5.69 Å². The molecular formula is C44H36N3OPt-. The van der Waals surface area contributed by atoms with Gasteiger partial charge in [0.1, 0.15) is 11.6 Å². The number of aromatic nitrogens is 2. The summed E-state index contributed by atoms with van der Waals surface area (Å²) in [5.41, 5.74) is 10.0. The molecule has 5 aromatic carbocycles. The number of rotatable bonds is 8. The Labute approximate surface area is 303 Å². The monoisotopic (exact) mass is 817 g/mol. The van der Waals surface area contributed by atoms with Crippen LogP contribution in [0.5, 0.6) is 5.75 Å². The van der Waals surface area contributed by atoms with E-state index in [9.17, 15) is 5.11 Å². The van der Waals surface area contributed by atoms with Crippen LogP contribution >= 0.6 is 0 Å². The Balaban J connectivity index is 0.00000417. The Hall–Kier alpha value is -5.31. The van der Waals surface area contributed by atoms with E-state index in [1.54, 1.807) is 6.07 Å². The average molecular weight is 818 g/mol. The van der Waals surface area contributed by atoms with Gasteiger partial charge in [-0.05, 0) is 82.4 Å². The number of phenols is 1. The smallest absolute Gasteiger partial charge is 0.136 e. The van der Waals surface area contributed by atoms with Crippen molar-refractivity contribution in [3.05, 3.63) is 181 Å². The molecule has 2 heterocycles. The molecule has 0 aliphatic heterocycles. The zero-order valence-corrected chi connectivity index (χ0v) is 29.9. The summed E-state index contributed by atoms with van der Waals surface area (Å²) in [5.74, 6) is 0.986. The second kappa shape index (κ2) is 14.4. The molecule has 49 heavy (non-hydrogen) atoms. The molecule has 244 valence electrons. The molecule has 0 spiro atoms. The van der Waals surface area contributed by atoms with Crippen LogP contribution in [-0.2, 0) is 26.5 Å². The molecule has 4 nitrogen and oxygen atoms in total. The van der Waals surface area contributed by atoms with Gasteiger partial charge in [0.15, 0.2) is 0 Å². The van der Waals surface area contributed by atoms with Gasteiger partial charge in [-0.3, -0.25) is 4.98 Å². The van der Waals surface area contributed by atoms with E-state index in [4.69, 9.17) is 9.97 Å². The standard InChI is InChI=1S/C44H36N3O.Pt/c1-31-23-24-40(46-43(31)39-21-13-14-22-41(39)48)34-27-36(44(2,3)35-17-9-5-10-18-35)30-38(28-34)47(37-19-11-6-12-20-37)42-29-33(25-26-45-42)32-15-7-4-8-16-32;/h4-27,29-30,48H,1-3H3;/q-1;. The zero-order chi connectivity index (χ0) is 33.1. The Morgan fingerprint density at radius 3 is 2.02 bits per heavy atom. The van der Waals surface area contributed by atoms with Crippen LogP contribution in [0.15, 0.2) is 158 Å². The topological polar surface area (TPSA) is 49.2 Å². The number of aromatic hydroxyl groups is 1. The van der Waals surface area contributed by atoms with Crippen molar-refractivity contribution in [2.24, 2.45) is 0 Å². The first-order valence-corrected chi connectivity index (χ1v) is 16.1. The molecule has 1 N–H and O–H groups in total. The first-order chi connectivity index (χ1) is 23.4. The fourth-order valence-corrected chi connectivity index (χ4v) is 6.14. The first-order valence-electron chi connectivity index (χ1n) is 16.1. The molecule has 0 fully saturated rings. The van der Waals surface area contributed by atoms with Crippen LogP contribution in [0.2, 0.25) is 0 Å². The van der Waals surface area contributed by atoms with E-state index < -0.39 is 0 Å². The van der Waals surface area contributed by atoms with Gasteiger partial charge in [-0.25, -0.2) is 4.98 Å². The number of benzene rings is 5. The molecule has 5 heteroatoms. The van der Waals surface area contributed by atoms with Gasteiger partial charge in [-0.1, -0.05) is 117 Å². The van der Waals surface area contributed by atoms with Crippen LogP contribution in [0, 0.1) is 13.0 Å². The van der Waals surface area contributed by atoms with Crippen molar-refractivity contribution < 1.29 is 26.2 Å². The summed E-state index contributed by atoms with van der Waals surface area (Å²) in [7, 11) is 0. The predicted octanol–water partition coefficient (Wildman–Crippen LogP) is 11.1. The number of para-hydroxylation sites is 2. The molecule has 2 aromatic heterocycles. The molecule has 0 atom stereocenters. The Morgan fingerprint density at radius 1 is 0.653 bits per heavy atom. The van der Waals surface area contributed by atoms with Gasteiger partial charge in [-0.15, -0.1) is 29.3 Å². The van der Waals surface area contributed by atoms with E-state index in [-0.39, 0.29) is 32.2 Å². The maximum absolute atomic E-state index is 10.7. The molecule has 0 amide bonds. The molecule has 0 unspecified atom stereocenters. The summed E-state index contributed by atoms with van der Waals surface area (Å²) in [4.78, 5) is 12.2. The van der Waals surface area contributed by atoms with E-state index in [2.05, 4.69) is 116 Å². The van der Waals surface area contributed by atoms with E-state index in [1.165, 1.54) is 5.56 Å². The Bertz CT molecular complexity index is 2180. The van der Waals surface area contributed by atoms with Crippen LogP contribution in [-0.4, -0.2) is 15.1 Å². The minimum absolute atomic E-state index is 0. The van der Waals surface area contributed by atoms with E-state index >= 15 is 0 Å². The van der Waals surface area contributed by atoms with Crippen molar-refractivity contribution in [1.82, 2.24) is 9.97 Å². The van der Waals surface area contributed by atoms with Crippen LogP contribution < -0.4 is 4.90 Å². The molecule has 7 aromatic rings. The molecule has 0 aliphatic carbocycles. The molecule has 0 saturated carbocycles. The van der Waals surface area contributed by atoms with Gasteiger partial charge in [0.2, 0.25) is 0 Å². The molecule has 0 saturated heterocycles. The van der Waals surface area contributed by atoms with Gasteiger partial charge >= 0.3 is 0 Å². The molecule has 0 bridgehead atoms. The van der Waals surface area contributed by atoms with Crippen molar-refractivity contribution in [1.29, 1.82) is 0 Å². The molecule has 7 rings (SSSR count). The maximum Gasteiger partial charge on any atom is 0.136 e. The molecule has 0 radical (unpaired) electrons. The summed E-state index contributed by atoms with van der Waals surface area (Å²) in [6, 6.07) is 55.0. The van der Waals surface area contributed by atoms with Crippen LogP contribution in [0.4, 0.5) is 17.2 Å². The third-order valence-corrected chi connectivity index (χ3v) is 8.94. The van der Waals surface area contributed by atoms with Crippen molar-refractivity contribution in [2.45, 2.75) is 26.2 Å². The number of pyridine rings is 2. The van der Waals surface area contributed by atoms with E-state index in [0.29, 0.717) is 5.56 Å². The van der Waals surface area contributed by atoms with E-state index in [1.807, 2.05) is 67.7 Å². The third kappa shape index (κ3) is 6.97. The number of nitrogens with zero attached hydrogens (tertiary/aromatic N) is 3. The van der Waals surface area contributed by atoms with Crippen LogP contribution in [0.1, 0.15) is 30.5 Å². The summed E-state index contributed by atoms with van der Waals surface area (Å²) in [6.07, 6.45) is 1.87. The van der Waals surface area contributed by atoms with Crippen LogP contribution in [0.25, 0.3) is 33.6 Å². The summed E-state index contributed by atoms with van der Waals surface area (Å²) >= 11 is 0. The summed E-state index contributed by atoms with van der Waals surface area (Å²) in [5, 5.41) is 10.7. The van der Waals surface area contributed by atoms with Crippen LogP contribution in [0.3, 0.4) is 0 Å². The minimum atomic E-state index is -0.341. The van der Waals surface area contributed by atoms with Gasteiger partial charge < -0.3 is 10.0 Å². The number of phenolic OH excluding ortho intramolecular Hbond substituents is 1. The fourth-order valence-electron chi connectivity index (χ4n) is 6.14. The summed E-state index contributed by atoms with van der Waals surface area (Å²) in [6.45, 7) is 6.52. The number of hydrogen-bond donors (Lipinski definition) is 1. The second-order valence-corrected chi connectivity index (χ2v) is 12.5. The SMILES string of the molecule is Cc1ccc(-c2[c-]c(N(c3ccccc3)c3cc(-c4ccccc4)ccn3)cc(C(C)(C)c3ccccc3)c2)nc1-c1ccccc1O.[Pt]. The van der Waals surface area contributed by atoms with Crippen molar-refractivity contribution in [2.75, 3.05) is 4.90 Å². The number of aryl methyl sites for hydroxylation is 1. The van der Waals surface area contributed by atoms with Crippen molar-refractivity contribution in [3.8, 4) is 39.4 Å². The maximum atomic E-state index is 10.7. The first kappa shape index (κ1) is 33.6. The molecular weight excluding hydrogens is 782 g/mol. The van der Waals surface area contributed by atoms with Crippen molar-refractivity contribution >= 4 is 17.2 Å². The Morgan fingerprint density at radius 2 is 1.31 bits per heavy atom. The number of anilines is 3. The van der Waals surface area contributed by atoms with Gasteiger partial charge in [-0.2, -0.15) is 0 Å². The quantitative estimate of drug-likeness (QED) is 0.155. The van der Waals surface area contributed by atoms with E-state index in [0.717, 1.165) is 56.4 Å². The largest absolute Gasteiger partial charge is 0.507 e. The summed E-state index contributed by atoms with van der Waals surface area (Å²) < 4.78 is 0. The number of hydrogen-bond acceptors (Lipinski definition) is 4. The predicted molar refractivity (Wildman–Crippen MR) is 197 cm³/mol. The zero-order valence-electron chi connectivity index (χ0n) is 27.6. The fraction of sp³-hybridized carbons (Fsp3) is 0.0909.